The van der Waals surface area contributed by atoms with Gasteiger partial charge in [0.15, 0.2) is 12.4 Å². The van der Waals surface area contributed by atoms with Crippen LogP contribution in [-0.4, -0.2) is 34.0 Å². The molecule has 0 spiro atoms. The molecule has 0 atom stereocenters. The van der Waals surface area contributed by atoms with Crippen molar-refractivity contribution >= 4 is 38.7 Å². The third kappa shape index (κ3) is 5.35. The van der Waals surface area contributed by atoms with E-state index in [9.17, 15) is 14.9 Å². The van der Waals surface area contributed by atoms with E-state index in [1.54, 1.807) is 25.1 Å². The summed E-state index contributed by atoms with van der Waals surface area (Å²) >= 11 is 3.36. The van der Waals surface area contributed by atoms with E-state index in [2.05, 4.69) is 26.0 Å². The Morgan fingerprint density at radius 2 is 2.09 bits per heavy atom. The summed E-state index contributed by atoms with van der Waals surface area (Å²) in [5.74, 6) is 0.439. The summed E-state index contributed by atoms with van der Waals surface area (Å²) in [6.45, 7) is 3.53. The fourth-order valence-corrected chi connectivity index (χ4v) is 3.52. The largest absolute Gasteiger partial charge is 0.490 e. The number of hydrogen-bond donors (Lipinski definition) is 0. The molecular weight excluding hydrogens is 494 g/mol. The van der Waals surface area contributed by atoms with Gasteiger partial charge in [-0.05, 0) is 37.6 Å². The average molecular weight is 514 g/mol. The summed E-state index contributed by atoms with van der Waals surface area (Å²) in [5.41, 5.74) is 0.151. The van der Waals surface area contributed by atoms with Gasteiger partial charge in [-0.1, -0.05) is 22.9 Å². The predicted molar refractivity (Wildman–Crippen MR) is 126 cm³/mol. The first kappa shape index (κ1) is 23.9. The van der Waals surface area contributed by atoms with Crippen LogP contribution in [0.1, 0.15) is 31.7 Å². The number of nitro benzene ring substituents is 1. The van der Waals surface area contributed by atoms with E-state index in [0.717, 1.165) is 10.9 Å². The number of fused-ring (bicyclic) bond motifs is 1. The summed E-state index contributed by atoms with van der Waals surface area (Å²) in [6, 6.07) is 9.76. The molecule has 0 saturated carbocycles. The van der Waals surface area contributed by atoms with Crippen molar-refractivity contribution in [3.8, 4) is 17.6 Å². The lowest BCUT2D eigenvalue weighted by Crippen LogP contribution is -2.22. The summed E-state index contributed by atoms with van der Waals surface area (Å²) in [5, 5.41) is 25.1. The van der Waals surface area contributed by atoms with Crippen LogP contribution < -0.4 is 15.0 Å². The fourth-order valence-electron chi connectivity index (χ4n) is 3.15. The number of nitriles is 1. The molecule has 0 radical (unpaired) electrons. The van der Waals surface area contributed by atoms with Gasteiger partial charge in [0.1, 0.15) is 11.9 Å². The fraction of sp³-hybridized carbons (Fsp3) is 0.273. The minimum atomic E-state index is -0.629. The second-order valence-corrected chi connectivity index (χ2v) is 7.72. The van der Waals surface area contributed by atoms with Gasteiger partial charge in [-0.3, -0.25) is 14.9 Å². The van der Waals surface area contributed by atoms with E-state index in [-0.39, 0.29) is 36.0 Å². The zero-order chi connectivity index (χ0) is 24.0. The van der Waals surface area contributed by atoms with E-state index in [4.69, 9.17) is 14.7 Å². The van der Waals surface area contributed by atoms with E-state index < -0.39 is 4.92 Å². The first-order chi connectivity index (χ1) is 15.9. The molecule has 1 aromatic heterocycles. The van der Waals surface area contributed by atoms with Crippen LogP contribution in [0.4, 0.5) is 5.69 Å². The Kier molecular flexibility index (Phi) is 7.74. The molecule has 2 aromatic carbocycles. The summed E-state index contributed by atoms with van der Waals surface area (Å²) in [7, 11) is 0. The maximum absolute atomic E-state index is 13.1. The van der Waals surface area contributed by atoms with E-state index >= 15 is 0 Å². The number of nitro groups is 1. The normalized spacial score (nSPS) is 11.0. The van der Waals surface area contributed by atoms with Gasteiger partial charge in [0.05, 0.1) is 28.6 Å². The molecule has 3 aromatic rings. The van der Waals surface area contributed by atoms with Crippen LogP contribution in [-0.2, 0) is 6.42 Å². The van der Waals surface area contributed by atoms with Crippen molar-refractivity contribution in [2.24, 2.45) is 5.10 Å². The standard InChI is InChI=1S/C22H20BrN5O5/c1-3-5-20-26-17-7-6-15(23)12-16(17)22(29)27(20)25-13-14-10-18(28(30)31)21(33-9-8-24)19(11-14)32-4-2/h6-7,10-13H,3-5,9H2,1-2H3. The number of halogens is 1. The van der Waals surface area contributed by atoms with Gasteiger partial charge in [-0.15, -0.1) is 0 Å². The summed E-state index contributed by atoms with van der Waals surface area (Å²) in [4.78, 5) is 28.7. The van der Waals surface area contributed by atoms with E-state index in [1.165, 1.54) is 23.0 Å². The lowest BCUT2D eigenvalue weighted by Gasteiger charge is -2.11. The summed E-state index contributed by atoms with van der Waals surface area (Å²) < 4.78 is 12.7. The average Bonchev–Trinajstić information content (AvgIpc) is 2.78. The Balaban J connectivity index is 2.15. The van der Waals surface area contributed by atoms with Gasteiger partial charge < -0.3 is 9.47 Å². The zero-order valence-electron chi connectivity index (χ0n) is 17.9. The van der Waals surface area contributed by atoms with Gasteiger partial charge >= 0.3 is 5.69 Å². The molecule has 0 aliphatic carbocycles. The van der Waals surface area contributed by atoms with Crippen molar-refractivity contribution < 1.29 is 14.4 Å². The van der Waals surface area contributed by atoms with Crippen LogP contribution >= 0.6 is 15.9 Å². The van der Waals surface area contributed by atoms with Gasteiger partial charge in [-0.25, -0.2) is 4.98 Å². The molecule has 11 heteroatoms. The molecule has 0 unspecified atom stereocenters. The van der Waals surface area contributed by atoms with Crippen LogP contribution in [0.5, 0.6) is 11.5 Å². The lowest BCUT2D eigenvalue weighted by atomic mass is 10.2. The van der Waals surface area contributed by atoms with Gasteiger partial charge in [0, 0.05) is 22.5 Å². The number of nitrogens with zero attached hydrogens (tertiary/aromatic N) is 5. The SMILES string of the molecule is CCCc1nc2ccc(Br)cc2c(=O)n1N=Cc1cc(OCC)c(OCC#N)c([N+](=O)[O-])c1. The molecular formula is C22H20BrN5O5. The molecule has 3 rings (SSSR count). The van der Waals surface area contributed by atoms with Crippen molar-refractivity contribution in [1.29, 1.82) is 5.26 Å². The van der Waals surface area contributed by atoms with Crippen molar-refractivity contribution in [1.82, 2.24) is 9.66 Å². The highest BCUT2D eigenvalue weighted by Gasteiger charge is 2.22. The molecule has 0 aliphatic rings. The van der Waals surface area contributed by atoms with Crippen molar-refractivity contribution in [2.75, 3.05) is 13.2 Å². The molecule has 0 amide bonds. The smallest absolute Gasteiger partial charge is 0.315 e. The lowest BCUT2D eigenvalue weighted by molar-refractivity contribution is -0.385. The topological polar surface area (TPSA) is 133 Å². The molecule has 170 valence electrons. The summed E-state index contributed by atoms with van der Waals surface area (Å²) in [6.07, 6.45) is 2.59. The van der Waals surface area contributed by atoms with E-state index in [0.29, 0.717) is 28.7 Å². The minimum Gasteiger partial charge on any atom is -0.490 e. The highest BCUT2D eigenvalue weighted by atomic mass is 79.9. The van der Waals surface area contributed by atoms with Crippen molar-refractivity contribution in [3.05, 3.63) is 66.7 Å². The Labute approximate surface area is 197 Å². The van der Waals surface area contributed by atoms with Crippen molar-refractivity contribution in [2.45, 2.75) is 26.7 Å². The monoisotopic (exact) mass is 513 g/mol. The second-order valence-electron chi connectivity index (χ2n) is 6.81. The number of aryl methyl sites for hydroxylation is 1. The first-order valence-electron chi connectivity index (χ1n) is 10.1. The predicted octanol–water partition coefficient (Wildman–Crippen LogP) is 4.20. The third-order valence-electron chi connectivity index (χ3n) is 4.51. The number of ether oxygens (including phenoxy) is 2. The van der Waals surface area contributed by atoms with Crippen LogP contribution in [0.2, 0.25) is 0 Å². The quantitative estimate of drug-likeness (QED) is 0.237. The zero-order valence-corrected chi connectivity index (χ0v) is 19.5. The molecule has 0 N–H and O–H groups in total. The Bertz CT molecular complexity index is 1330. The van der Waals surface area contributed by atoms with Crippen molar-refractivity contribution in [3.63, 3.8) is 0 Å². The number of aromatic nitrogens is 2. The van der Waals surface area contributed by atoms with E-state index in [1.807, 2.05) is 13.0 Å². The van der Waals surface area contributed by atoms with Gasteiger partial charge in [-0.2, -0.15) is 15.0 Å². The molecule has 33 heavy (non-hydrogen) atoms. The third-order valence-corrected chi connectivity index (χ3v) is 5.00. The second kappa shape index (κ2) is 10.7. The maximum Gasteiger partial charge on any atom is 0.315 e. The molecule has 10 nitrogen and oxygen atoms in total. The van der Waals surface area contributed by atoms with Crippen LogP contribution in [0.25, 0.3) is 10.9 Å². The Morgan fingerprint density at radius 3 is 2.76 bits per heavy atom. The molecule has 0 fully saturated rings. The molecule has 0 bridgehead atoms. The molecule has 0 aliphatic heterocycles. The van der Waals surface area contributed by atoms with Gasteiger partial charge in [0.2, 0.25) is 5.75 Å². The Morgan fingerprint density at radius 1 is 1.30 bits per heavy atom. The highest BCUT2D eigenvalue weighted by Crippen LogP contribution is 2.38. The number of hydrogen-bond acceptors (Lipinski definition) is 8. The Hall–Kier alpha value is -3.78. The van der Waals surface area contributed by atoms with Crippen LogP contribution in [0.3, 0.4) is 0 Å². The number of benzene rings is 2. The minimum absolute atomic E-state index is 0.102. The van der Waals surface area contributed by atoms with Crippen LogP contribution in [0, 0.1) is 21.4 Å². The molecule has 0 saturated heterocycles. The van der Waals surface area contributed by atoms with Crippen LogP contribution in [0.15, 0.2) is 44.7 Å². The first-order valence-corrected chi connectivity index (χ1v) is 10.9. The maximum atomic E-state index is 13.1. The number of rotatable bonds is 9. The van der Waals surface area contributed by atoms with Gasteiger partial charge in [0.25, 0.3) is 5.56 Å². The highest BCUT2D eigenvalue weighted by molar-refractivity contribution is 9.10. The molecule has 1 heterocycles.